The Hall–Kier alpha value is -3.99. The van der Waals surface area contributed by atoms with Gasteiger partial charge < -0.3 is 20.4 Å². The van der Waals surface area contributed by atoms with Crippen molar-refractivity contribution in [3.8, 4) is 11.3 Å². The van der Waals surface area contributed by atoms with Gasteiger partial charge in [0, 0.05) is 35.1 Å². The maximum atomic E-state index is 15.3. The van der Waals surface area contributed by atoms with Crippen LogP contribution in [0.25, 0.3) is 16.8 Å². The number of cyclic esters (lactones) is 1. The van der Waals surface area contributed by atoms with Gasteiger partial charge >= 0.3 is 6.09 Å². The smallest absolute Gasteiger partial charge is 0.415 e. The van der Waals surface area contributed by atoms with Gasteiger partial charge in [0.25, 0.3) is 0 Å². The summed E-state index contributed by atoms with van der Waals surface area (Å²) in [5.74, 6) is -1.21. The van der Waals surface area contributed by atoms with Crippen LogP contribution < -0.4 is 10.6 Å². The van der Waals surface area contributed by atoms with E-state index in [1.165, 1.54) is 36.7 Å². The molecule has 1 unspecified atom stereocenters. The SMILES string of the molecule is Nc1ccc(Cl)c(F)c1C1=CC(=O)N2C(CC[C@H]2c2ncc(-c3ccnc(N4CCOC4=O)c3F)[nH]2)C1. The van der Waals surface area contributed by atoms with Crippen LogP contribution in [0.5, 0.6) is 0 Å². The number of hydrogen-bond acceptors (Lipinski definition) is 6. The van der Waals surface area contributed by atoms with Crippen molar-refractivity contribution >= 4 is 40.7 Å². The van der Waals surface area contributed by atoms with Gasteiger partial charge in [-0.05, 0) is 43.0 Å². The van der Waals surface area contributed by atoms with E-state index in [0.717, 1.165) is 4.90 Å². The van der Waals surface area contributed by atoms with E-state index in [1.807, 2.05) is 0 Å². The molecular weight excluding hydrogens is 506 g/mol. The highest BCUT2D eigenvalue weighted by Crippen LogP contribution is 2.44. The number of H-pyrrole nitrogens is 1. The monoisotopic (exact) mass is 526 g/mol. The molecule has 2 atom stereocenters. The molecule has 0 radical (unpaired) electrons. The quantitative estimate of drug-likeness (QED) is 0.485. The Morgan fingerprint density at radius 2 is 1.97 bits per heavy atom. The first-order valence-electron chi connectivity index (χ1n) is 11.7. The van der Waals surface area contributed by atoms with Crippen LogP contribution in [-0.4, -0.2) is 51.0 Å². The summed E-state index contributed by atoms with van der Waals surface area (Å²) in [5, 5.41) is -0.0551. The maximum absolute atomic E-state index is 15.3. The fourth-order valence-corrected chi connectivity index (χ4v) is 5.50. The van der Waals surface area contributed by atoms with Gasteiger partial charge in [-0.1, -0.05) is 11.6 Å². The van der Waals surface area contributed by atoms with Crippen molar-refractivity contribution in [1.82, 2.24) is 19.9 Å². The summed E-state index contributed by atoms with van der Waals surface area (Å²) in [5.41, 5.74) is 7.48. The topological polar surface area (TPSA) is 117 Å². The number of ether oxygens (including phenoxy) is 1. The lowest BCUT2D eigenvalue weighted by Gasteiger charge is -2.33. The molecule has 3 N–H and O–H groups in total. The van der Waals surface area contributed by atoms with Crippen molar-refractivity contribution < 1.29 is 23.1 Å². The van der Waals surface area contributed by atoms with E-state index in [-0.39, 0.29) is 58.8 Å². The van der Waals surface area contributed by atoms with Crippen LogP contribution >= 0.6 is 11.6 Å². The Morgan fingerprint density at radius 1 is 1.14 bits per heavy atom. The van der Waals surface area contributed by atoms with Gasteiger partial charge in [0.05, 0.1) is 29.5 Å². The minimum atomic E-state index is -0.677. The van der Waals surface area contributed by atoms with E-state index >= 15 is 4.39 Å². The third-order valence-corrected chi connectivity index (χ3v) is 7.34. The zero-order chi connectivity index (χ0) is 25.8. The van der Waals surface area contributed by atoms with Gasteiger partial charge in [-0.2, -0.15) is 0 Å². The van der Waals surface area contributed by atoms with Crippen molar-refractivity contribution in [2.75, 3.05) is 23.8 Å². The number of halogens is 3. The Balaban J connectivity index is 1.28. The van der Waals surface area contributed by atoms with Crippen molar-refractivity contribution in [2.24, 2.45) is 0 Å². The van der Waals surface area contributed by atoms with Crippen molar-refractivity contribution in [3.63, 3.8) is 0 Å². The summed E-state index contributed by atoms with van der Waals surface area (Å²) in [4.78, 5) is 39.5. The summed E-state index contributed by atoms with van der Waals surface area (Å²) in [6, 6.07) is 3.87. The van der Waals surface area contributed by atoms with Crippen LogP contribution in [-0.2, 0) is 9.53 Å². The number of pyridine rings is 1. The van der Waals surface area contributed by atoms with Crippen LogP contribution in [0.4, 0.5) is 25.1 Å². The molecule has 2 fully saturated rings. The summed E-state index contributed by atoms with van der Waals surface area (Å²) in [6.45, 7) is 0.374. The fourth-order valence-electron chi connectivity index (χ4n) is 5.35. The number of carbonyl (C=O) groups is 2. The number of aromatic amines is 1. The first kappa shape index (κ1) is 23.4. The Labute approximate surface area is 214 Å². The van der Waals surface area contributed by atoms with Gasteiger partial charge in [-0.15, -0.1) is 0 Å². The molecule has 12 heteroatoms. The van der Waals surface area contributed by atoms with Crippen LogP contribution in [0.15, 0.2) is 36.7 Å². The summed E-state index contributed by atoms with van der Waals surface area (Å²) < 4.78 is 35.0. The number of fused-ring (bicyclic) bond motifs is 1. The highest BCUT2D eigenvalue weighted by Gasteiger charge is 2.42. The molecule has 2 aromatic heterocycles. The Morgan fingerprint density at radius 3 is 2.76 bits per heavy atom. The number of aromatic nitrogens is 3. The van der Waals surface area contributed by atoms with Gasteiger partial charge in [0.15, 0.2) is 17.5 Å². The average Bonchev–Trinajstić information content (AvgIpc) is 3.62. The fraction of sp³-hybridized carbons (Fsp3) is 0.280. The van der Waals surface area contributed by atoms with Crippen molar-refractivity contribution in [3.05, 3.63) is 64.7 Å². The van der Waals surface area contributed by atoms with E-state index < -0.39 is 17.7 Å². The standard InChI is InChI=1S/C25H21ClF2N6O3/c26-15-2-3-16(29)20(22(15)28)12-9-13-1-4-18(34(13)19(35)10-12)23-31-11-17(32-23)14-5-6-30-24(21(14)27)33-7-8-37-25(33)36/h2-3,5-6,10-11,13,18H,1,4,7-9,29H2,(H,31,32)/t13?,18-/m0/s1. The second-order valence-electron chi connectivity index (χ2n) is 9.14. The largest absolute Gasteiger partial charge is 0.447 e. The third kappa shape index (κ3) is 3.81. The summed E-state index contributed by atoms with van der Waals surface area (Å²) in [7, 11) is 0. The normalized spacial score (nSPS) is 21.3. The average molecular weight is 527 g/mol. The molecule has 190 valence electrons. The van der Waals surface area contributed by atoms with E-state index in [0.29, 0.717) is 36.4 Å². The van der Waals surface area contributed by atoms with Gasteiger partial charge in [-0.25, -0.2) is 23.5 Å². The molecular formula is C25H21ClF2N6O3. The number of nitrogen functional groups attached to an aromatic ring is 1. The molecule has 3 aliphatic heterocycles. The van der Waals surface area contributed by atoms with E-state index in [9.17, 15) is 14.0 Å². The number of anilines is 2. The van der Waals surface area contributed by atoms with Gasteiger partial charge in [0.2, 0.25) is 5.91 Å². The molecule has 2 saturated heterocycles. The first-order chi connectivity index (χ1) is 17.8. The molecule has 0 bridgehead atoms. The number of nitrogens with zero attached hydrogens (tertiary/aromatic N) is 4. The number of imidazole rings is 1. The highest BCUT2D eigenvalue weighted by atomic mass is 35.5. The molecule has 1 aromatic carbocycles. The lowest BCUT2D eigenvalue weighted by Crippen LogP contribution is -2.39. The lowest BCUT2D eigenvalue weighted by atomic mass is 9.92. The van der Waals surface area contributed by atoms with E-state index in [1.54, 1.807) is 4.90 Å². The molecule has 37 heavy (non-hydrogen) atoms. The van der Waals surface area contributed by atoms with Gasteiger partial charge in [0.1, 0.15) is 12.4 Å². The second-order valence-corrected chi connectivity index (χ2v) is 9.54. The van der Waals surface area contributed by atoms with Crippen LogP contribution in [0.3, 0.4) is 0 Å². The first-order valence-corrected chi connectivity index (χ1v) is 12.1. The molecule has 0 aliphatic carbocycles. The molecule has 9 nitrogen and oxygen atoms in total. The number of nitrogens with one attached hydrogen (secondary N) is 1. The highest BCUT2D eigenvalue weighted by molar-refractivity contribution is 6.31. The summed E-state index contributed by atoms with van der Waals surface area (Å²) >= 11 is 5.95. The molecule has 0 saturated carbocycles. The Bertz CT molecular complexity index is 1470. The second kappa shape index (κ2) is 8.84. The molecule has 6 rings (SSSR count). The van der Waals surface area contributed by atoms with E-state index in [4.69, 9.17) is 22.1 Å². The molecule has 5 heterocycles. The molecule has 0 spiro atoms. The minimum absolute atomic E-state index is 0.0551. The van der Waals surface area contributed by atoms with Crippen LogP contribution in [0.2, 0.25) is 5.02 Å². The summed E-state index contributed by atoms with van der Waals surface area (Å²) in [6.07, 6.45) is 5.37. The van der Waals surface area contributed by atoms with Crippen LogP contribution in [0, 0.1) is 11.6 Å². The number of rotatable bonds is 4. The zero-order valence-corrected chi connectivity index (χ0v) is 20.1. The van der Waals surface area contributed by atoms with Crippen LogP contribution in [0.1, 0.15) is 36.7 Å². The Kier molecular flexibility index (Phi) is 5.59. The van der Waals surface area contributed by atoms with E-state index in [2.05, 4.69) is 15.0 Å². The number of hydrogen-bond donors (Lipinski definition) is 2. The molecule has 3 aromatic rings. The van der Waals surface area contributed by atoms with Gasteiger partial charge in [-0.3, -0.25) is 9.69 Å². The third-order valence-electron chi connectivity index (χ3n) is 7.05. The van der Waals surface area contributed by atoms with Crippen molar-refractivity contribution in [2.45, 2.75) is 31.3 Å². The minimum Gasteiger partial charge on any atom is -0.447 e. The number of nitrogens with two attached hydrogens (primary N) is 1. The molecule has 3 aliphatic rings. The zero-order valence-electron chi connectivity index (χ0n) is 19.4. The predicted molar refractivity (Wildman–Crippen MR) is 131 cm³/mol. The maximum Gasteiger partial charge on any atom is 0.415 e. The lowest BCUT2D eigenvalue weighted by molar-refractivity contribution is -0.129. The molecule has 2 amide bonds. The number of benzene rings is 1. The number of amides is 2. The predicted octanol–water partition coefficient (Wildman–Crippen LogP) is 4.46. The number of carbonyl (C=O) groups excluding carboxylic acids is 2. The van der Waals surface area contributed by atoms with Crippen molar-refractivity contribution in [1.29, 1.82) is 0 Å².